The Morgan fingerprint density at radius 1 is 0.966 bits per heavy atom. The highest BCUT2D eigenvalue weighted by Gasteiger charge is 2.18. The molecule has 0 saturated carbocycles. The summed E-state index contributed by atoms with van der Waals surface area (Å²) in [6, 6.07) is 10.8. The van der Waals surface area contributed by atoms with Gasteiger partial charge in [0.15, 0.2) is 11.5 Å². The summed E-state index contributed by atoms with van der Waals surface area (Å²) in [6.07, 6.45) is 0.130. The molecule has 0 aliphatic rings. The first-order chi connectivity index (χ1) is 14.0. The van der Waals surface area contributed by atoms with Crippen molar-refractivity contribution >= 4 is 22.7 Å². The molecule has 3 aromatic rings. The van der Waals surface area contributed by atoms with Gasteiger partial charge in [0.2, 0.25) is 11.7 Å². The maximum atomic E-state index is 12.5. The van der Waals surface area contributed by atoms with Crippen molar-refractivity contribution < 1.29 is 23.8 Å². The van der Waals surface area contributed by atoms with Crippen molar-refractivity contribution in [2.75, 3.05) is 21.3 Å². The third-order valence-corrected chi connectivity index (χ3v) is 4.61. The number of carbonyl (C=O) groups is 2. The predicted molar refractivity (Wildman–Crippen MR) is 108 cm³/mol. The molecular weight excluding hydrogens is 374 g/mol. The highest BCUT2D eigenvalue weighted by Crippen LogP contribution is 2.38. The van der Waals surface area contributed by atoms with Crippen LogP contribution in [0.1, 0.15) is 21.6 Å². The number of hydrogen-bond donors (Lipinski definition) is 3. The summed E-state index contributed by atoms with van der Waals surface area (Å²) in [7, 11) is 4.40. The van der Waals surface area contributed by atoms with E-state index in [9.17, 15) is 9.59 Å². The number of para-hydroxylation sites is 1. The van der Waals surface area contributed by atoms with Gasteiger partial charge in [-0.05, 0) is 30.7 Å². The largest absolute Gasteiger partial charge is 0.493 e. The number of H-pyrrole nitrogens is 1. The van der Waals surface area contributed by atoms with Gasteiger partial charge in [-0.15, -0.1) is 0 Å². The standard InChI is InChI=1S/C21H23N3O5/c1-12-15(14-7-5-6-8-16(14)22-12)11-19(25)23-24-21(26)13-9-17(27-2)20(29-4)18(10-13)28-3/h5-10,22H,11H2,1-4H3,(H,23,25)(H,24,26). The van der Waals surface area contributed by atoms with E-state index in [-0.39, 0.29) is 17.9 Å². The lowest BCUT2D eigenvalue weighted by molar-refractivity contribution is -0.121. The topological polar surface area (TPSA) is 102 Å². The van der Waals surface area contributed by atoms with E-state index >= 15 is 0 Å². The fraction of sp³-hybridized carbons (Fsp3) is 0.238. The molecule has 0 fully saturated rings. The third-order valence-electron chi connectivity index (χ3n) is 4.61. The molecule has 8 heteroatoms. The molecule has 0 aliphatic carbocycles. The number of carbonyl (C=O) groups excluding carboxylic acids is 2. The molecule has 0 aliphatic heterocycles. The number of hydrogen-bond acceptors (Lipinski definition) is 5. The normalized spacial score (nSPS) is 10.5. The molecule has 0 spiro atoms. The molecule has 0 unspecified atom stereocenters. The van der Waals surface area contributed by atoms with Crippen LogP contribution in [0.2, 0.25) is 0 Å². The van der Waals surface area contributed by atoms with Crippen molar-refractivity contribution in [3.05, 3.63) is 53.2 Å². The van der Waals surface area contributed by atoms with Crippen LogP contribution in [0.15, 0.2) is 36.4 Å². The molecule has 29 heavy (non-hydrogen) atoms. The Labute approximate surface area is 168 Å². The summed E-state index contributed by atoms with van der Waals surface area (Å²) < 4.78 is 15.7. The average molecular weight is 397 g/mol. The number of nitrogens with one attached hydrogen (secondary N) is 3. The minimum Gasteiger partial charge on any atom is -0.493 e. The van der Waals surface area contributed by atoms with Crippen molar-refractivity contribution in [2.45, 2.75) is 13.3 Å². The predicted octanol–water partition coefficient (Wildman–Crippen LogP) is 2.51. The number of benzene rings is 2. The summed E-state index contributed by atoms with van der Waals surface area (Å²) in [5, 5.41) is 0.983. The SMILES string of the molecule is COc1cc(C(=O)NNC(=O)Cc2c(C)[nH]c3ccccc23)cc(OC)c1OC. The van der Waals surface area contributed by atoms with Crippen LogP contribution in [0.3, 0.4) is 0 Å². The van der Waals surface area contributed by atoms with E-state index in [0.29, 0.717) is 17.2 Å². The van der Waals surface area contributed by atoms with Crippen LogP contribution < -0.4 is 25.1 Å². The molecule has 3 rings (SSSR count). The maximum absolute atomic E-state index is 12.5. The molecule has 152 valence electrons. The van der Waals surface area contributed by atoms with Crippen molar-refractivity contribution in [3.63, 3.8) is 0 Å². The fourth-order valence-electron chi connectivity index (χ4n) is 3.18. The Hall–Kier alpha value is -3.68. The van der Waals surface area contributed by atoms with E-state index in [1.165, 1.54) is 33.5 Å². The van der Waals surface area contributed by atoms with Crippen molar-refractivity contribution in [1.82, 2.24) is 15.8 Å². The summed E-state index contributed by atoms with van der Waals surface area (Å²) in [5.74, 6) is 0.229. The molecule has 1 heterocycles. The highest BCUT2D eigenvalue weighted by molar-refractivity contribution is 5.97. The van der Waals surface area contributed by atoms with Crippen LogP contribution in [0, 0.1) is 6.92 Å². The number of aromatic nitrogens is 1. The van der Waals surface area contributed by atoms with Gasteiger partial charge >= 0.3 is 0 Å². The molecule has 1 aromatic heterocycles. The lowest BCUT2D eigenvalue weighted by atomic mass is 10.1. The Morgan fingerprint density at radius 2 is 1.62 bits per heavy atom. The van der Waals surface area contributed by atoms with E-state index in [4.69, 9.17) is 14.2 Å². The van der Waals surface area contributed by atoms with E-state index < -0.39 is 5.91 Å². The second-order valence-corrected chi connectivity index (χ2v) is 6.37. The van der Waals surface area contributed by atoms with Gasteiger partial charge in [-0.2, -0.15) is 0 Å². The first kappa shape index (κ1) is 20.1. The van der Waals surface area contributed by atoms with Crippen molar-refractivity contribution in [1.29, 1.82) is 0 Å². The van der Waals surface area contributed by atoms with E-state index in [1.54, 1.807) is 0 Å². The third kappa shape index (κ3) is 4.11. The van der Waals surface area contributed by atoms with E-state index in [2.05, 4.69) is 15.8 Å². The lowest BCUT2D eigenvalue weighted by Crippen LogP contribution is -2.42. The minimum atomic E-state index is -0.506. The minimum absolute atomic E-state index is 0.130. The zero-order valence-corrected chi connectivity index (χ0v) is 16.7. The molecule has 2 amide bonds. The monoisotopic (exact) mass is 397 g/mol. The van der Waals surface area contributed by atoms with Gasteiger partial charge in [-0.3, -0.25) is 20.4 Å². The van der Waals surface area contributed by atoms with Gasteiger partial charge in [0, 0.05) is 22.2 Å². The number of methoxy groups -OCH3 is 3. The Balaban J connectivity index is 1.70. The molecule has 0 saturated heterocycles. The van der Waals surface area contributed by atoms with E-state index in [1.807, 2.05) is 31.2 Å². The van der Waals surface area contributed by atoms with Gasteiger partial charge in [-0.1, -0.05) is 18.2 Å². The molecule has 8 nitrogen and oxygen atoms in total. The number of ether oxygens (including phenoxy) is 3. The molecule has 2 aromatic carbocycles. The van der Waals surface area contributed by atoms with Crippen molar-refractivity contribution in [3.8, 4) is 17.2 Å². The number of fused-ring (bicyclic) bond motifs is 1. The van der Waals surface area contributed by atoms with Gasteiger partial charge in [-0.25, -0.2) is 0 Å². The van der Waals surface area contributed by atoms with Crippen LogP contribution in [-0.2, 0) is 11.2 Å². The summed E-state index contributed by atoms with van der Waals surface area (Å²) in [5.41, 5.74) is 7.89. The number of aromatic amines is 1. The smallest absolute Gasteiger partial charge is 0.269 e. The van der Waals surface area contributed by atoms with Crippen molar-refractivity contribution in [2.24, 2.45) is 0 Å². The van der Waals surface area contributed by atoms with Gasteiger partial charge < -0.3 is 19.2 Å². The second kappa shape index (κ2) is 8.55. The molecule has 0 bridgehead atoms. The average Bonchev–Trinajstić information content (AvgIpc) is 3.05. The second-order valence-electron chi connectivity index (χ2n) is 6.37. The maximum Gasteiger partial charge on any atom is 0.269 e. The molecule has 3 N–H and O–H groups in total. The van der Waals surface area contributed by atoms with Gasteiger partial charge in [0.25, 0.3) is 5.91 Å². The lowest BCUT2D eigenvalue weighted by Gasteiger charge is -2.14. The molecular formula is C21H23N3O5. The van der Waals surface area contributed by atoms with Crippen LogP contribution in [0.25, 0.3) is 10.9 Å². The molecule has 0 radical (unpaired) electrons. The van der Waals surface area contributed by atoms with Crippen LogP contribution >= 0.6 is 0 Å². The summed E-state index contributed by atoms with van der Waals surface area (Å²) in [6.45, 7) is 1.91. The summed E-state index contributed by atoms with van der Waals surface area (Å²) in [4.78, 5) is 28.1. The number of hydrazine groups is 1. The number of aryl methyl sites for hydroxylation is 1. The molecule has 0 atom stereocenters. The Bertz CT molecular complexity index is 1030. The summed E-state index contributed by atoms with van der Waals surface area (Å²) >= 11 is 0. The fourth-order valence-corrected chi connectivity index (χ4v) is 3.18. The first-order valence-corrected chi connectivity index (χ1v) is 8.93. The quantitative estimate of drug-likeness (QED) is 0.555. The number of rotatable bonds is 6. The Kier molecular flexibility index (Phi) is 5.92. The zero-order valence-electron chi connectivity index (χ0n) is 16.7. The van der Waals surface area contributed by atoms with Crippen LogP contribution in [0.4, 0.5) is 0 Å². The number of amides is 2. The van der Waals surface area contributed by atoms with Crippen LogP contribution in [0.5, 0.6) is 17.2 Å². The van der Waals surface area contributed by atoms with Gasteiger partial charge in [0.05, 0.1) is 27.8 Å². The Morgan fingerprint density at radius 3 is 2.24 bits per heavy atom. The zero-order chi connectivity index (χ0) is 21.0. The highest BCUT2D eigenvalue weighted by atomic mass is 16.5. The van der Waals surface area contributed by atoms with Crippen LogP contribution in [-0.4, -0.2) is 38.1 Å². The van der Waals surface area contributed by atoms with Gasteiger partial charge in [0.1, 0.15) is 0 Å². The first-order valence-electron chi connectivity index (χ1n) is 8.93. The van der Waals surface area contributed by atoms with E-state index in [0.717, 1.165) is 22.2 Å².